The number of thiazole rings is 1. The lowest BCUT2D eigenvalue weighted by Gasteiger charge is -2.02. The summed E-state index contributed by atoms with van der Waals surface area (Å²) < 4.78 is 0.765. The second-order valence-electron chi connectivity index (χ2n) is 4.27. The first-order valence-corrected chi connectivity index (χ1v) is 7.49. The standard InChI is InChI=1S/C14H12N2O2S2/c1-8-3-4-10(7-15)12(5-8)20-14-16-9(2)11(19-14)6-13(17)18/h3-5H,6H2,1-2H3,(H,17,18). The fraction of sp³-hybridized carbons (Fsp3) is 0.214. The van der Waals surface area contributed by atoms with Crippen LogP contribution in [0.5, 0.6) is 0 Å². The van der Waals surface area contributed by atoms with Crippen molar-refractivity contribution in [3.63, 3.8) is 0 Å². The molecule has 0 saturated heterocycles. The number of aryl methyl sites for hydroxylation is 2. The number of carbonyl (C=O) groups is 1. The minimum Gasteiger partial charge on any atom is -0.481 e. The van der Waals surface area contributed by atoms with Gasteiger partial charge in [0, 0.05) is 9.77 Å². The molecule has 1 heterocycles. The first-order valence-electron chi connectivity index (χ1n) is 5.86. The maximum absolute atomic E-state index is 10.8. The zero-order valence-corrected chi connectivity index (χ0v) is 12.6. The van der Waals surface area contributed by atoms with Crippen LogP contribution in [0.1, 0.15) is 21.7 Å². The van der Waals surface area contributed by atoms with Gasteiger partial charge in [0.1, 0.15) is 6.07 Å². The summed E-state index contributed by atoms with van der Waals surface area (Å²) in [7, 11) is 0. The second-order valence-corrected chi connectivity index (χ2v) is 6.65. The second kappa shape index (κ2) is 6.07. The van der Waals surface area contributed by atoms with Crippen LogP contribution in [0, 0.1) is 25.2 Å². The number of benzene rings is 1. The van der Waals surface area contributed by atoms with E-state index in [1.165, 1.54) is 23.1 Å². The van der Waals surface area contributed by atoms with Crippen molar-refractivity contribution in [2.45, 2.75) is 29.5 Å². The zero-order chi connectivity index (χ0) is 14.7. The van der Waals surface area contributed by atoms with E-state index in [1.54, 1.807) is 13.0 Å². The van der Waals surface area contributed by atoms with E-state index in [-0.39, 0.29) is 6.42 Å². The number of carboxylic acids is 1. The molecule has 4 nitrogen and oxygen atoms in total. The van der Waals surface area contributed by atoms with Crippen LogP contribution in [0.25, 0.3) is 0 Å². The normalized spacial score (nSPS) is 10.2. The van der Waals surface area contributed by atoms with Gasteiger partial charge in [-0.15, -0.1) is 11.3 Å². The fourth-order valence-corrected chi connectivity index (χ4v) is 4.01. The minimum atomic E-state index is -0.860. The molecular weight excluding hydrogens is 292 g/mol. The molecule has 1 aromatic heterocycles. The largest absolute Gasteiger partial charge is 0.481 e. The molecule has 1 aromatic carbocycles. The van der Waals surface area contributed by atoms with Crippen molar-refractivity contribution in [1.82, 2.24) is 4.98 Å². The van der Waals surface area contributed by atoms with Crippen molar-refractivity contribution in [3.8, 4) is 6.07 Å². The molecule has 20 heavy (non-hydrogen) atoms. The first-order chi connectivity index (χ1) is 9.49. The smallest absolute Gasteiger partial charge is 0.308 e. The maximum atomic E-state index is 10.8. The average Bonchev–Trinajstić information content (AvgIpc) is 2.69. The van der Waals surface area contributed by atoms with E-state index in [2.05, 4.69) is 11.1 Å². The highest BCUT2D eigenvalue weighted by atomic mass is 32.2. The molecular formula is C14H12N2O2S2. The van der Waals surface area contributed by atoms with Crippen LogP contribution in [0.4, 0.5) is 0 Å². The Morgan fingerprint density at radius 2 is 2.25 bits per heavy atom. The van der Waals surface area contributed by atoms with Crippen molar-refractivity contribution in [1.29, 1.82) is 5.26 Å². The van der Waals surface area contributed by atoms with E-state index < -0.39 is 5.97 Å². The number of carboxylic acid groups (broad SMARTS) is 1. The maximum Gasteiger partial charge on any atom is 0.308 e. The lowest BCUT2D eigenvalue weighted by atomic mass is 10.2. The van der Waals surface area contributed by atoms with Crippen LogP contribution in [0.2, 0.25) is 0 Å². The summed E-state index contributed by atoms with van der Waals surface area (Å²) >= 11 is 2.78. The molecule has 0 fully saturated rings. The van der Waals surface area contributed by atoms with Crippen LogP contribution in [0.15, 0.2) is 27.4 Å². The number of rotatable bonds is 4. The van der Waals surface area contributed by atoms with E-state index in [0.29, 0.717) is 5.56 Å². The molecule has 0 radical (unpaired) electrons. The van der Waals surface area contributed by atoms with Crippen LogP contribution >= 0.6 is 23.1 Å². The zero-order valence-electron chi connectivity index (χ0n) is 11.0. The van der Waals surface area contributed by atoms with Gasteiger partial charge >= 0.3 is 5.97 Å². The van der Waals surface area contributed by atoms with Crippen molar-refractivity contribution >= 4 is 29.1 Å². The summed E-state index contributed by atoms with van der Waals surface area (Å²) in [4.78, 5) is 16.7. The molecule has 0 atom stereocenters. The summed E-state index contributed by atoms with van der Waals surface area (Å²) in [5.74, 6) is -0.860. The number of nitriles is 1. The summed E-state index contributed by atoms with van der Waals surface area (Å²) in [6.07, 6.45) is -0.0109. The van der Waals surface area contributed by atoms with Gasteiger partial charge in [0.25, 0.3) is 0 Å². The topological polar surface area (TPSA) is 74.0 Å². The van der Waals surface area contributed by atoms with E-state index >= 15 is 0 Å². The Kier molecular flexibility index (Phi) is 4.42. The van der Waals surface area contributed by atoms with Crippen molar-refractivity contribution in [2.75, 3.05) is 0 Å². The van der Waals surface area contributed by atoms with Gasteiger partial charge in [0.05, 0.1) is 17.7 Å². The van der Waals surface area contributed by atoms with Gasteiger partial charge in [-0.25, -0.2) is 4.98 Å². The van der Waals surface area contributed by atoms with Gasteiger partial charge in [0.15, 0.2) is 4.34 Å². The molecule has 0 bridgehead atoms. The number of aromatic nitrogens is 1. The summed E-state index contributed by atoms with van der Waals surface area (Å²) in [6, 6.07) is 7.78. The molecule has 6 heteroatoms. The van der Waals surface area contributed by atoms with Crippen LogP contribution < -0.4 is 0 Å². The number of hydrogen-bond donors (Lipinski definition) is 1. The minimum absolute atomic E-state index is 0.0109. The molecule has 2 aromatic rings. The molecule has 2 rings (SSSR count). The van der Waals surface area contributed by atoms with Crippen molar-refractivity contribution in [3.05, 3.63) is 39.9 Å². The molecule has 1 N–H and O–H groups in total. The predicted molar refractivity (Wildman–Crippen MR) is 78.2 cm³/mol. The Morgan fingerprint density at radius 1 is 1.50 bits per heavy atom. The van der Waals surface area contributed by atoms with E-state index in [1.807, 2.05) is 19.1 Å². The highest BCUT2D eigenvalue weighted by Crippen LogP contribution is 2.35. The van der Waals surface area contributed by atoms with Gasteiger partial charge in [-0.2, -0.15) is 5.26 Å². The molecule has 0 aliphatic heterocycles. The predicted octanol–water partition coefficient (Wildman–Crippen LogP) is 3.41. The Bertz CT molecular complexity index is 702. The lowest BCUT2D eigenvalue weighted by Crippen LogP contribution is -1.99. The summed E-state index contributed by atoms with van der Waals surface area (Å²) in [6.45, 7) is 3.77. The van der Waals surface area contributed by atoms with Crippen LogP contribution in [0.3, 0.4) is 0 Å². The number of hydrogen-bond acceptors (Lipinski definition) is 5. The van der Waals surface area contributed by atoms with E-state index in [0.717, 1.165) is 25.4 Å². The van der Waals surface area contributed by atoms with Gasteiger partial charge in [-0.1, -0.05) is 17.8 Å². The molecule has 0 aliphatic rings. The quantitative estimate of drug-likeness (QED) is 0.937. The average molecular weight is 304 g/mol. The Balaban J connectivity index is 2.29. The van der Waals surface area contributed by atoms with E-state index in [9.17, 15) is 4.79 Å². The summed E-state index contributed by atoms with van der Waals surface area (Å²) in [5.41, 5.74) is 2.42. The molecule has 0 aliphatic carbocycles. The van der Waals surface area contributed by atoms with E-state index in [4.69, 9.17) is 10.4 Å². The monoisotopic (exact) mass is 304 g/mol. The molecule has 102 valence electrons. The summed E-state index contributed by atoms with van der Waals surface area (Å²) in [5, 5.41) is 17.9. The van der Waals surface area contributed by atoms with Crippen LogP contribution in [-0.4, -0.2) is 16.1 Å². The number of aliphatic carboxylic acids is 1. The molecule has 0 saturated carbocycles. The van der Waals surface area contributed by atoms with Gasteiger partial charge in [-0.05, 0) is 31.5 Å². The first kappa shape index (κ1) is 14.6. The third-order valence-corrected chi connectivity index (χ3v) is 4.92. The van der Waals surface area contributed by atoms with Gasteiger partial charge in [0.2, 0.25) is 0 Å². The lowest BCUT2D eigenvalue weighted by molar-refractivity contribution is -0.136. The van der Waals surface area contributed by atoms with Crippen LogP contribution in [-0.2, 0) is 11.2 Å². The Morgan fingerprint density at radius 3 is 2.90 bits per heavy atom. The van der Waals surface area contributed by atoms with Crippen molar-refractivity contribution < 1.29 is 9.90 Å². The molecule has 0 unspecified atom stereocenters. The third-order valence-electron chi connectivity index (χ3n) is 2.64. The number of nitrogens with zero attached hydrogens (tertiary/aromatic N) is 2. The van der Waals surface area contributed by atoms with Crippen molar-refractivity contribution in [2.24, 2.45) is 0 Å². The fourth-order valence-electron chi connectivity index (χ4n) is 1.65. The Labute approximate surface area is 125 Å². The highest BCUT2D eigenvalue weighted by Gasteiger charge is 2.13. The molecule has 0 spiro atoms. The van der Waals surface area contributed by atoms with Gasteiger partial charge < -0.3 is 5.11 Å². The SMILES string of the molecule is Cc1ccc(C#N)c(Sc2nc(C)c(CC(=O)O)s2)c1. The third kappa shape index (κ3) is 3.38. The van der Waals surface area contributed by atoms with Gasteiger partial charge in [-0.3, -0.25) is 4.79 Å². The Hall–Kier alpha value is -1.84. The molecule has 0 amide bonds. The highest BCUT2D eigenvalue weighted by molar-refractivity contribution is 8.01.